The third-order valence-corrected chi connectivity index (χ3v) is 6.23. The molecule has 1 aromatic carbocycles. The number of anilines is 1. The van der Waals surface area contributed by atoms with E-state index < -0.39 is 37.5 Å². The molecule has 0 amide bonds. The molecular formula is C22H19Cl2F3N2O3S. The van der Waals surface area contributed by atoms with E-state index in [4.69, 9.17) is 23.2 Å². The van der Waals surface area contributed by atoms with Gasteiger partial charge in [-0.25, -0.2) is 13.4 Å². The molecule has 33 heavy (non-hydrogen) atoms. The Kier molecular flexibility index (Phi) is 8.16. The van der Waals surface area contributed by atoms with Gasteiger partial charge in [0.2, 0.25) is 5.78 Å². The summed E-state index contributed by atoms with van der Waals surface area (Å²) in [6.07, 6.45) is -0.332. The van der Waals surface area contributed by atoms with Crippen LogP contribution in [0.15, 0.2) is 70.8 Å². The molecule has 0 radical (unpaired) electrons. The van der Waals surface area contributed by atoms with Gasteiger partial charge in [-0.2, -0.15) is 13.2 Å². The van der Waals surface area contributed by atoms with Gasteiger partial charge in [0, 0.05) is 11.8 Å². The molecule has 2 aromatic rings. The summed E-state index contributed by atoms with van der Waals surface area (Å²) in [6, 6.07) is 3.28. The van der Waals surface area contributed by atoms with Crippen LogP contribution >= 0.6 is 23.2 Å². The van der Waals surface area contributed by atoms with E-state index >= 15 is 0 Å². The number of aromatic nitrogens is 1. The molecule has 176 valence electrons. The van der Waals surface area contributed by atoms with Gasteiger partial charge >= 0.3 is 6.18 Å². The SMILES string of the molecule is C=C(C)/C(C(=O)c1ncc(Cl)cc1NS(=O)(=O)c1ccc(Cl)c(C(F)(F)F)c1)=C(C)\C=C/C. The zero-order chi connectivity index (χ0) is 25.1. The van der Waals surface area contributed by atoms with Gasteiger partial charge in [0.15, 0.2) is 0 Å². The summed E-state index contributed by atoms with van der Waals surface area (Å²) >= 11 is 11.5. The van der Waals surface area contributed by atoms with E-state index in [2.05, 4.69) is 16.3 Å². The molecule has 0 atom stereocenters. The second-order valence-electron chi connectivity index (χ2n) is 6.96. The first kappa shape index (κ1) is 26.6. The van der Waals surface area contributed by atoms with Gasteiger partial charge in [-0.3, -0.25) is 9.52 Å². The molecule has 0 aliphatic heterocycles. The number of sulfonamides is 1. The summed E-state index contributed by atoms with van der Waals surface area (Å²) in [7, 11) is -4.57. The van der Waals surface area contributed by atoms with E-state index in [9.17, 15) is 26.4 Å². The fourth-order valence-corrected chi connectivity index (χ4v) is 4.42. The Morgan fingerprint density at radius 1 is 1.18 bits per heavy atom. The van der Waals surface area contributed by atoms with E-state index in [0.29, 0.717) is 17.2 Å². The van der Waals surface area contributed by atoms with E-state index in [0.717, 1.165) is 24.4 Å². The van der Waals surface area contributed by atoms with Crippen molar-refractivity contribution in [2.24, 2.45) is 0 Å². The predicted octanol–water partition coefficient (Wildman–Crippen LogP) is 6.86. The molecule has 1 aromatic heterocycles. The summed E-state index contributed by atoms with van der Waals surface area (Å²) in [6.45, 7) is 8.83. The molecule has 0 bridgehead atoms. The quantitative estimate of drug-likeness (QED) is 0.246. The van der Waals surface area contributed by atoms with Crippen LogP contribution in [0.2, 0.25) is 10.0 Å². The second-order valence-corrected chi connectivity index (χ2v) is 9.49. The van der Waals surface area contributed by atoms with Crippen LogP contribution in [0.4, 0.5) is 18.9 Å². The summed E-state index contributed by atoms with van der Waals surface area (Å²) < 4.78 is 67.4. The number of halogens is 5. The van der Waals surface area contributed by atoms with Gasteiger partial charge in [0.25, 0.3) is 10.0 Å². The van der Waals surface area contributed by atoms with Crippen LogP contribution in [-0.2, 0) is 16.2 Å². The molecule has 2 rings (SSSR count). The number of benzene rings is 1. The van der Waals surface area contributed by atoms with Crippen molar-refractivity contribution in [2.75, 3.05) is 4.72 Å². The summed E-state index contributed by atoms with van der Waals surface area (Å²) in [5.74, 6) is -0.639. The molecule has 0 saturated heterocycles. The lowest BCUT2D eigenvalue weighted by Crippen LogP contribution is -2.18. The molecule has 0 aliphatic carbocycles. The smallest absolute Gasteiger partial charge is 0.287 e. The van der Waals surface area contributed by atoms with Crippen LogP contribution in [0, 0.1) is 0 Å². The Morgan fingerprint density at radius 3 is 2.36 bits per heavy atom. The number of nitrogens with zero attached hydrogens (tertiary/aromatic N) is 1. The van der Waals surface area contributed by atoms with Gasteiger partial charge < -0.3 is 0 Å². The molecular weight excluding hydrogens is 500 g/mol. The number of ketones is 1. The number of Topliss-reactive ketones (excluding diaryl/α,β-unsaturated/α-hetero) is 1. The van der Waals surface area contributed by atoms with Gasteiger partial charge in [0.05, 0.1) is 26.2 Å². The Hall–Kier alpha value is -2.62. The average Bonchev–Trinajstić information content (AvgIpc) is 2.67. The fraction of sp³-hybridized carbons (Fsp3) is 0.182. The largest absolute Gasteiger partial charge is 0.417 e. The predicted molar refractivity (Wildman–Crippen MR) is 123 cm³/mol. The molecule has 1 heterocycles. The first-order chi connectivity index (χ1) is 15.2. The zero-order valence-corrected chi connectivity index (χ0v) is 20.0. The molecule has 0 aliphatic rings. The standard InChI is InChI=1S/C22H19Cl2F3N2O3S/c1-5-6-13(4)19(12(2)3)21(30)20-18(9-14(23)11-28-20)29-33(31,32)15-7-8-17(24)16(10-15)22(25,26)27/h5-11,29H,2H2,1,3-4H3/b6-5-,19-13+. The summed E-state index contributed by atoms with van der Waals surface area (Å²) in [5, 5.41) is -0.653. The Labute approximate surface area is 199 Å². The average molecular weight is 519 g/mol. The topological polar surface area (TPSA) is 76.1 Å². The van der Waals surface area contributed by atoms with Crippen LogP contribution in [0.25, 0.3) is 0 Å². The monoisotopic (exact) mass is 518 g/mol. The lowest BCUT2D eigenvalue weighted by molar-refractivity contribution is -0.137. The Bertz CT molecular complexity index is 1280. The fourth-order valence-electron chi connectivity index (χ4n) is 2.95. The van der Waals surface area contributed by atoms with Crippen LogP contribution in [-0.4, -0.2) is 19.2 Å². The van der Waals surface area contributed by atoms with E-state index in [1.54, 1.807) is 32.9 Å². The molecule has 0 saturated carbocycles. The minimum atomic E-state index is -4.87. The van der Waals surface area contributed by atoms with E-state index in [1.165, 1.54) is 0 Å². The highest BCUT2D eigenvalue weighted by Gasteiger charge is 2.35. The van der Waals surface area contributed by atoms with Gasteiger partial charge in [-0.05, 0) is 56.2 Å². The van der Waals surface area contributed by atoms with E-state index in [1.807, 2.05) is 0 Å². The summed E-state index contributed by atoms with van der Waals surface area (Å²) in [5.41, 5.74) is -0.740. The third-order valence-electron chi connectivity index (χ3n) is 4.33. The van der Waals surface area contributed by atoms with Crippen LogP contribution in [0.5, 0.6) is 0 Å². The van der Waals surface area contributed by atoms with Crippen molar-refractivity contribution < 1.29 is 26.4 Å². The van der Waals surface area contributed by atoms with E-state index in [-0.39, 0.29) is 22.0 Å². The van der Waals surface area contributed by atoms with Crippen molar-refractivity contribution in [3.8, 4) is 0 Å². The van der Waals surface area contributed by atoms with Gasteiger partial charge in [0.1, 0.15) is 5.69 Å². The first-order valence-electron chi connectivity index (χ1n) is 9.28. The number of rotatable bonds is 7. The number of nitrogens with one attached hydrogen (secondary N) is 1. The number of allylic oxidation sites excluding steroid dienone is 5. The Balaban J connectivity index is 2.62. The number of pyridine rings is 1. The zero-order valence-electron chi connectivity index (χ0n) is 17.7. The van der Waals surface area contributed by atoms with Crippen LogP contribution in [0.1, 0.15) is 36.8 Å². The maximum atomic E-state index is 13.2. The number of carbonyl (C=O) groups is 1. The maximum Gasteiger partial charge on any atom is 0.417 e. The lowest BCUT2D eigenvalue weighted by atomic mass is 9.96. The molecule has 0 spiro atoms. The van der Waals surface area contributed by atoms with Crippen LogP contribution < -0.4 is 4.72 Å². The highest BCUT2D eigenvalue weighted by molar-refractivity contribution is 7.92. The van der Waals surface area contributed by atoms with Crippen molar-refractivity contribution in [3.05, 3.63) is 87.2 Å². The number of hydrogen-bond donors (Lipinski definition) is 1. The maximum absolute atomic E-state index is 13.2. The van der Waals surface area contributed by atoms with Crippen LogP contribution in [0.3, 0.4) is 0 Å². The molecule has 0 fully saturated rings. The minimum Gasteiger partial charge on any atom is -0.287 e. The second kappa shape index (κ2) is 10.1. The highest BCUT2D eigenvalue weighted by Crippen LogP contribution is 2.36. The molecule has 0 unspecified atom stereocenters. The lowest BCUT2D eigenvalue weighted by Gasteiger charge is -2.15. The molecule has 1 N–H and O–H groups in total. The molecule has 5 nitrogen and oxygen atoms in total. The van der Waals surface area contributed by atoms with Crippen molar-refractivity contribution >= 4 is 44.7 Å². The highest BCUT2D eigenvalue weighted by atomic mass is 35.5. The van der Waals surface area contributed by atoms with Crippen molar-refractivity contribution in [2.45, 2.75) is 31.8 Å². The van der Waals surface area contributed by atoms with Crippen molar-refractivity contribution in [1.29, 1.82) is 0 Å². The van der Waals surface area contributed by atoms with Crippen molar-refractivity contribution in [1.82, 2.24) is 4.98 Å². The van der Waals surface area contributed by atoms with Gasteiger partial charge in [-0.1, -0.05) is 41.9 Å². The minimum absolute atomic E-state index is 0.00219. The molecule has 11 heteroatoms. The summed E-state index contributed by atoms with van der Waals surface area (Å²) in [4.78, 5) is 16.5. The Morgan fingerprint density at radius 2 is 1.82 bits per heavy atom. The normalized spacial score (nSPS) is 13.1. The first-order valence-corrected chi connectivity index (χ1v) is 11.5. The number of alkyl halides is 3. The number of hydrogen-bond acceptors (Lipinski definition) is 4. The van der Waals surface area contributed by atoms with Gasteiger partial charge in [-0.15, -0.1) is 0 Å². The number of carbonyl (C=O) groups excluding carboxylic acids is 1. The third kappa shape index (κ3) is 6.25. The van der Waals surface area contributed by atoms with Crippen molar-refractivity contribution in [3.63, 3.8) is 0 Å².